The van der Waals surface area contributed by atoms with Crippen LogP contribution in [0.3, 0.4) is 0 Å². The zero-order valence-electron chi connectivity index (χ0n) is 13.7. The molecule has 0 fully saturated rings. The maximum atomic E-state index is 5.47. The minimum atomic E-state index is 0.228. The molecule has 0 saturated carbocycles. The fourth-order valence-corrected chi connectivity index (χ4v) is 2.74. The van der Waals surface area contributed by atoms with Gasteiger partial charge in [-0.2, -0.15) is 0 Å². The van der Waals surface area contributed by atoms with Crippen molar-refractivity contribution in [3.63, 3.8) is 0 Å². The fraction of sp³-hybridized carbons (Fsp3) is 0.316. The van der Waals surface area contributed by atoms with Crippen LogP contribution in [0.5, 0.6) is 0 Å². The first-order valence-corrected chi connectivity index (χ1v) is 8.11. The predicted octanol–water partition coefficient (Wildman–Crippen LogP) is 5.05. The molecule has 22 heavy (non-hydrogen) atoms. The van der Waals surface area contributed by atoms with Gasteiger partial charge in [-0.1, -0.05) is 54.4 Å². The average Bonchev–Trinajstić information content (AvgIpc) is 2.49. The Morgan fingerprint density at radius 2 is 1.64 bits per heavy atom. The highest BCUT2D eigenvalue weighted by molar-refractivity contribution is 7.80. The number of nitrogens with one attached hydrogen (secondary N) is 2. The Kier molecular flexibility index (Phi) is 5.56. The van der Waals surface area contributed by atoms with Crippen LogP contribution in [0.15, 0.2) is 42.5 Å². The number of aryl methyl sites for hydroxylation is 3. The van der Waals surface area contributed by atoms with Crippen molar-refractivity contribution in [2.75, 3.05) is 5.32 Å². The molecular weight excluding hydrogens is 288 g/mol. The standard InChI is InChI=1S/C19H24N2S/c1-5-17(16-9-6-13(2)7-10-16)20-19(22)21-18-11-8-14(3)12-15(18)4/h6-12,17H,5H2,1-4H3,(H2,20,21,22). The Balaban J connectivity index is 2.04. The van der Waals surface area contributed by atoms with E-state index in [1.165, 1.54) is 22.3 Å². The van der Waals surface area contributed by atoms with Crippen molar-refractivity contribution in [3.8, 4) is 0 Å². The van der Waals surface area contributed by atoms with E-state index in [1.807, 2.05) is 0 Å². The van der Waals surface area contributed by atoms with Gasteiger partial charge in [0.2, 0.25) is 0 Å². The van der Waals surface area contributed by atoms with Crippen LogP contribution < -0.4 is 10.6 Å². The highest BCUT2D eigenvalue weighted by Gasteiger charge is 2.11. The molecule has 2 nitrogen and oxygen atoms in total. The summed E-state index contributed by atoms with van der Waals surface area (Å²) < 4.78 is 0. The van der Waals surface area contributed by atoms with Crippen molar-refractivity contribution >= 4 is 23.0 Å². The molecule has 0 heterocycles. The molecular formula is C19H24N2S. The van der Waals surface area contributed by atoms with E-state index in [0.717, 1.165) is 12.1 Å². The van der Waals surface area contributed by atoms with Gasteiger partial charge in [-0.05, 0) is 56.6 Å². The number of thiocarbonyl (C=S) groups is 1. The van der Waals surface area contributed by atoms with E-state index in [0.29, 0.717) is 5.11 Å². The van der Waals surface area contributed by atoms with E-state index in [2.05, 4.69) is 80.8 Å². The quantitative estimate of drug-likeness (QED) is 0.773. The third-order valence-electron chi connectivity index (χ3n) is 3.82. The Hall–Kier alpha value is -1.87. The number of hydrogen-bond acceptors (Lipinski definition) is 1. The zero-order valence-corrected chi connectivity index (χ0v) is 14.6. The summed E-state index contributed by atoms with van der Waals surface area (Å²) >= 11 is 5.47. The van der Waals surface area contributed by atoms with E-state index < -0.39 is 0 Å². The van der Waals surface area contributed by atoms with Crippen LogP contribution in [-0.2, 0) is 0 Å². The molecule has 1 atom stereocenters. The normalized spacial score (nSPS) is 11.8. The molecule has 0 saturated heterocycles. The number of hydrogen-bond donors (Lipinski definition) is 2. The second kappa shape index (κ2) is 7.41. The topological polar surface area (TPSA) is 24.1 Å². The van der Waals surface area contributed by atoms with Gasteiger partial charge in [-0.3, -0.25) is 0 Å². The summed E-state index contributed by atoms with van der Waals surface area (Å²) in [6.07, 6.45) is 0.984. The van der Waals surface area contributed by atoms with Crippen LogP contribution in [0.4, 0.5) is 5.69 Å². The summed E-state index contributed by atoms with van der Waals surface area (Å²) in [5.41, 5.74) is 6.05. The molecule has 2 aromatic rings. The van der Waals surface area contributed by atoms with Crippen LogP contribution >= 0.6 is 12.2 Å². The summed E-state index contributed by atoms with van der Waals surface area (Å²) in [5, 5.41) is 7.38. The van der Waals surface area contributed by atoms with Crippen LogP contribution in [-0.4, -0.2) is 5.11 Å². The average molecular weight is 312 g/mol. The van der Waals surface area contributed by atoms with Gasteiger partial charge in [0, 0.05) is 5.69 Å². The van der Waals surface area contributed by atoms with Crippen molar-refractivity contribution in [2.45, 2.75) is 40.2 Å². The third kappa shape index (κ3) is 4.31. The van der Waals surface area contributed by atoms with E-state index >= 15 is 0 Å². The molecule has 0 aliphatic rings. The summed E-state index contributed by atoms with van der Waals surface area (Å²) in [6, 6.07) is 15.2. The highest BCUT2D eigenvalue weighted by atomic mass is 32.1. The van der Waals surface area contributed by atoms with E-state index in [4.69, 9.17) is 12.2 Å². The van der Waals surface area contributed by atoms with Crippen molar-refractivity contribution in [3.05, 3.63) is 64.7 Å². The van der Waals surface area contributed by atoms with Gasteiger partial charge in [0.25, 0.3) is 0 Å². The monoisotopic (exact) mass is 312 g/mol. The molecule has 0 spiro atoms. The highest BCUT2D eigenvalue weighted by Crippen LogP contribution is 2.19. The van der Waals surface area contributed by atoms with Crippen molar-refractivity contribution in [1.29, 1.82) is 0 Å². The molecule has 0 aliphatic carbocycles. The minimum absolute atomic E-state index is 0.228. The Bertz CT molecular complexity index is 647. The molecule has 3 heteroatoms. The lowest BCUT2D eigenvalue weighted by atomic mass is 10.0. The van der Waals surface area contributed by atoms with Gasteiger partial charge in [0.1, 0.15) is 0 Å². The van der Waals surface area contributed by atoms with Crippen LogP contribution in [0.2, 0.25) is 0 Å². The first-order chi connectivity index (χ1) is 10.5. The molecule has 0 aromatic heterocycles. The van der Waals surface area contributed by atoms with Gasteiger partial charge >= 0.3 is 0 Å². The molecule has 2 rings (SSSR count). The Morgan fingerprint density at radius 1 is 1.00 bits per heavy atom. The molecule has 0 aliphatic heterocycles. The summed E-state index contributed by atoms with van der Waals surface area (Å²) in [7, 11) is 0. The lowest BCUT2D eigenvalue weighted by Crippen LogP contribution is -2.32. The largest absolute Gasteiger partial charge is 0.356 e. The van der Waals surface area contributed by atoms with Gasteiger partial charge in [-0.15, -0.1) is 0 Å². The van der Waals surface area contributed by atoms with E-state index in [-0.39, 0.29) is 6.04 Å². The molecule has 2 N–H and O–H groups in total. The SMILES string of the molecule is CCC(NC(=S)Nc1ccc(C)cc1C)c1ccc(C)cc1. The molecule has 0 amide bonds. The number of benzene rings is 2. The van der Waals surface area contributed by atoms with Gasteiger partial charge in [0.15, 0.2) is 5.11 Å². The van der Waals surface area contributed by atoms with Crippen molar-refractivity contribution < 1.29 is 0 Å². The van der Waals surface area contributed by atoms with Crippen LogP contribution in [0.25, 0.3) is 0 Å². The van der Waals surface area contributed by atoms with Gasteiger partial charge in [0.05, 0.1) is 6.04 Å². The molecule has 116 valence electrons. The van der Waals surface area contributed by atoms with Gasteiger partial charge < -0.3 is 10.6 Å². The minimum Gasteiger partial charge on any atom is -0.356 e. The van der Waals surface area contributed by atoms with E-state index in [1.54, 1.807) is 0 Å². The molecule has 0 bridgehead atoms. The maximum absolute atomic E-state index is 5.47. The fourth-order valence-electron chi connectivity index (χ4n) is 2.49. The second-order valence-corrected chi connectivity index (χ2v) is 6.20. The second-order valence-electron chi connectivity index (χ2n) is 5.79. The Labute approximate surface area is 139 Å². The summed E-state index contributed by atoms with van der Waals surface area (Å²) in [4.78, 5) is 0. The molecule has 2 aromatic carbocycles. The predicted molar refractivity (Wildman–Crippen MR) is 99.5 cm³/mol. The number of anilines is 1. The lowest BCUT2D eigenvalue weighted by molar-refractivity contribution is 0.629. The van der Waals surface area contributed by atoms with Crippen molar-refractivity contribution in [2.24, 2.45) is 0 Å². The summed E-state index contributed by atoms with van der Waals surface area (Å²) in [5.74, 6) is 0. The number of rotatable bonds is 4. The molecule has 0 radical (unpaired) electrons. The summed E-state index contributed by atoms with van der Waals surface area (Å²) in [6.45, 7) is 8.45. The molecule has 1 unspecified atom stereocenters. The first kappa shape index (κ1) is 16.5. The first-order valence-electron chi connectivity index (χ1n) is 7.71. The lowest BCUT2D eigenvalue weighted by Gasteiger charge is -2.21. The smallest absolute Gasteiger partial charge is 0.171 e. The maximum Gasteiger partial charge on any atom is 0.171 e. The van der Waals surface area contributed by atoms with Crippen molar-refractivity contribution in [1.82, 2.24) is 5.32 Å². The van der Waals surface area contributed by atoms with Gasteiger partial charge in [-0.25, -0.2) is 0 Å². The van der Waals surface area contributed by atoms with Crippen LogP contribution in [0, 0.1) is 20.8 Å². The Morgan fingerprint density at radius 3 is 2.23 bits per heavy atom. The van der Waals surface area contributed by atoms with Crippen LogP contribution in [0.1, 0.15) is 41.6 Å². The van der Waals surface area contributed by atoms with E-state index in [9.17, 15) is 0 Å². The third-order valence-corrected chi connectivity index (χ3v) is 4.04. The zero-order chi connectivity index (χ0) is 16.1.